The Morgan fingerprint density at radius 3 is 2.46 bits per heavy atom. The smallest absolute Gasteiger partial charge is 0.317 e. The molecule has 2 heterocycles. The molecule has 138 valence electrons. The number of carbonyl (C=O) groups excluding carboxylic acids is 1. The SMILES string of the molecule is COc1ccc(OCCNC(=O)N2CCN(c3ccccn3)CC2)cc1. The van der Waals surface area contributed by atoms with Crippen molar-refractivity contribution >= 4 is 11.8 Å². The quantitative estimate of drug-likeness (QED) is 0.802. The summed E-state index contributed by atoms with van der Waals surface area (Å²) in [6.45, 7) is 3.82. The fourth-order valence-electron chi connectivity index (χ4n) is 2.79. The number of pyridine rings is 1. The maximum Gasteiger partial charge on any atom is 0.317 e. The van der Waals surface area contributed by atoms with Crippen LogP contribution in [-0.4, -0.2) is 62.4 Å². The van der Waals surface area contributed by atoms with E-state index in [1.807, 2.05) is 47.4 Å². The van der Waals surface area contributed by atoms with Gasteiger partial charge in [-0.1, -0.05) is 6.07 Å². The molecule has 1 aliphatic rings. The van der Waals surface area contributed by atoms with Crippen molar-refractivity contribution in [2.75, 3.05) is 51.3 Å². The molecule has 0 saturated carbocycles. The molecule has 3 rings (SSSR count). The van der Waals surface area contributed by atoms with Crippen molar-refractivity contribution in [3.63, 3.8) is 0 Å². The number of benzene rings is 1. The second-order valence-electron chi connectivity index (χ2n) is 5.92. The summed E-state index contributed by atoms with van der Waals surface area (Å²) < 4.78 is 10.7. The molecular weight excluding hydrogens is 332 g/mol. The third-order valence-electron chi connectivity index (χ3n) is 4.25. The summed E-state index contributed by atoms with van der Waals surface area (Å²) in [4.78, 5) is 20.6. The van der Waals surface area contributed by atoms with Crippen LogP contribution in [0.25, 0.3) is 0 Å². The normalized spacial score (nSPS) is 14.0. The zero-order valence-electron chi connectivity index (χ0n) is 14.9. The number of aromatic nitrogens is 1. The lowest BCUT2D eigenvalue weighted by molar-refractivity contribution is 0.191. The minimum absolute atomic E-state index is 0.0519. The zero-order chi connectivity index (χ0) is 18.2. The maximum absolute atomic E-state index is 12.2. The molecule has 0 bridgehead atoms. The number of nitrogens with zero attached hydrogens (tertiary/aromatic N) is 3. The topological polar surface area (TPSA) is 66.9 Å². The molecule has 0 spiro atoms. The van der Waals surface area contributed by atoms with Gasteiger partial charge >= 0.3 is 6.03 Å². The first-order valence-corrected chi connectivity index (χ1v) is 8.72. The van der Waals surface area contributed by atoms with Gasteiger partial charge in [-0.05, 0) is 36.4 Å². The summed E-state index contributed by atoms with van der Waals surface area (Å²) in [5.74, 6) is 2.50. The van der Waals surface area contributed by atoms with Gasteiger partial charge in [0.15, 0.2) is 0 Å². The molecule has 1 aliphatic heterocycles. The number of piperazine rings is 1. The van der Waals surface area contributed by atoms with Gasteiger partial charge < -0.3 is 24.6 Å². The van der Waals surface area contributed by atoms with Gasteiger partial charge in [0.2, 0.25) is 0 Å². The van der Waals surface area contributed by atoms with E-state index in [1.165, 1.54) is 0 Å². The van der Waals surface area contributed by atoms with Gasteiger partial charge in [0.25, 0.3) is 0 Å². The fourth-order valence-corrected chi connectivity index (χ4v) is 2.79. The summed E-state index contributed by atoms with van der Waals surface area (Å²) in [6, 6.07) is 13.2. The van der Waals surface area contributed by atoms with E-state index in [2.05, 4.69) is 15.2 Å². The number of carbonyl (C=O) groups is 1. The highest BCUT2D eigenvalue weighted by Crippen LogP contribution is 2.16. The molecule has 1 aromatic carbocycles. The third-order valence-corrected chi connectivity index (χ3v) is 4.25. The fraction of sp³-hybridized carbons (Fsp3) is 0.368. The van der Waals surface area contributed by atoms with Crippen LogP contribution in [0.15, 0.2) is 48.7 Å². The predicted octanol–water partition coefficient (Wildman–Crippen LogP) is 2.00. The number of amides is 2. The van der Waals surface area contributed by atoms with Crippen LogP contribution < -0.4 is 19.7 Å². The summed E-state index contributed by atoms with van der Waals surface area (Å²) >= 11 is 0. The average Bonchev–Trinajstić information content (AvgIpc) is 2.72. The van der Waals surface area contributed by atoms with E-state index >= 15 is 0 Å². The van der Waals surface area contributed by atoms with Gasteiger partial charge in [-0.3, -0.25) is 0 Å². The van der Waals surface area contributed by atoms with E-state index in [4.69, 9.17) is 9.47 Å². The van der Waals surface area contributed by atoms with E-state index < -0.39 is 0 Å². The van der Waals surface area contributed by atoms with Crippen molar-refractivity contribution < 1.29 is 14.3 Å². The Bertz CT molecular complexity index is 686. The number of anilines is 1. The Labute approximate surface area is 153 Å². The van der Waals surface area contributed by atoms with Crippen LogP contribution in [0.5, 0.6) is 11.5 Å². The van der Waals surface area contributed by atoms with Crippen LogP contribution in [0, 0.1) is 0 Å². The molecule has 7 heteroatoms. The molecule has 26 heavy (non-hydrogen) atoms. The monoisotopic (exact) mass is 356 g/mol. The van der Waals surface area contributed by atoms with Crippen molar-refractivity contribution in [2.24, 2.45) is 0 Å². The highest BCUT2D eigenvalue weighted by Gasteiger charge is 2.21. The summed E-state index contributed by atoms with van der Waals surface area (Å²) in [5, 5.41) is 2.90. The van der Waals surface area contributed by atoms with Crippen LogP contribution in [-0.2, 0) is 0 Å². The number of ether oxygens (including phenoxy) is 2. The number of methoxy groups -OCH3 is 1. The first-order chi connectivity index (χ1) is 12.8. The number of hydrogen-bond acceptors (Lipinski definition) is 5. The molecule has 2 amide bonds. The zero-order valence-corrected chi connectivity index (χ0v) is 14.9. The van der Waals surface area contributed by atoms with Crippen LogP contribution in [0.2, 0.25) is 0 Å². The maximum atomic E-state index is 12.2. The molecule has 1 saturated heterocycles. The number of rotatable bonds is 6. The second kappa shape index (κ2) is 8.94. The predicted molar refractivity (Wildman–Crippen MR) is 99.9 cm³/mol. The van der Waals surface area contributed by atoms with Crippen molar-refractivity contribution in [1.29, 1.82) is 0 Å². The lowest BCUT2D eigenvalue weighted by atomic mass is 10.3. The van der Waals surface area contributed by atoms with Crippen molar-refractivity contribution in [3.8, 4) is 11.5 Å². The summed E-state index contributed by atoms with van der Waals surface area (Å²) in [5.41, 5.74) is 0. The molecule has 0 unspecified atom stereocenters. The molecule has 0 radical (unpaired) electrons. The minimum Gasteiger partial charge on any atom is -0.497 e. The number of nitrogens with one attached hydrogen (secondary N) is 1. The average molecular weight is 356 g/mol. The molecule has 7 nitrogen and oxygen atoms in total. The molecule has 1 aromatic heterocycles. The number of urea groups is 1. The van der Waals surface area contributed by atoms with Crippen molar-refractivity contribution in [3.05, 3.63) is 48.7 Å². The van der Waals surface area contributed by atoms with Crippen LogP contribution in [0.1, 0.15) is 0 Å². The molecule has 0 atom stereocenters. The molecular formula is C19H24N4O3. The summed E-state index contributed by atoms with van der Waals surface area (Å²) in [6.07, 6.45) is 1.79. The minimum atomic E-state index is -0.0519. The Morgan fingerprint density at radius 2 is 1.81 bits per heavy atom. The van der Waals surface area contributed by atoms with Crippen molar-refractivity contribution in [2.45, 2.75) is 0 Å². The standard InChI is InChI=1S/C19H24N4O3/c1-25-16-5-7-17(8-6-16)26-15-10-21-19(24)23-13-11-22(12-14-23)18-4-2-3-9-20-18/h2-9H,10-15H2,1H3,(H,21,24). The Kier molecular flexibility index (Phi) is 6.14. The van der Waals surface area contributed by atoms with Gasteiger partial charge in [0.05, 0.1) is 13.7 Å². The van der Waals surface area contributed by atoms with E-state index in [9.17, 15) is 4.79 Å². The first-order valence-electron chi connectivity index (χ1n) is 8.72. The third kappa shape index (κ3) is 4.78. The molecule has 0 aliphatic carbocycles. The van der Waals surface area contributed by atoms with E-state index in [-0.39, 0.29) is 6.03 Å². The number of hydrogen-bond donors (Lipinski definition) is 1. The molecule has 1 N–H and O–H groups in total. The Balaban J connectivity index is 1.35. The highest BCUT2D eigenvalue weighted by atomic mass is 16.5. The van der Waals surface area contributed by atoms with Gasteiger partial charge in [0, 0.05) is 32.4 Å². The van der Waals surface area contributed by atoms with E-state index in [0.717, 1.165) is 30.4 Å². The highest BCUT2D eigenvalue weighted by molar-refractivity contribution is 5.74. The van der Waals surface area contributed by atoms with Crippen LogP contribution in [0.4, 0.5) is 10.6 Å². The van der Waals surface area contributed by atoms with Gasteiger partial charge in [-0.2, -0.15) is 0 Å². The Morgan fingerprint density at radius 1 is 1.08 bits per heavy atom. The van der Waals surface area contributed by atoms with Crippen LogP contribution in [0.3, 0.4) is 0 Å². The lowest BCUT2D eigenvalue weighted by Gasteiger charge is -2.35. The van der Waals surface area contributed by atoms with Gasteiger partial charge in [0.1, 0.15) is 23.9 Å². The van der Waals surface area contributed by atoms with Crippen LogP contribution >= 0.6 is 0 Å². The largest absolute Gasteiger partial charge is 0.497 e. The van der Waals surface area contributed by atoms with Gasteiger partial charge in [-0.15, -0.1) is 0 Å². The Hall–Kier alpha value is -2.96. The van der Waals surface area contributed by atoms with Gasteiger partial charge in [-0.25, -0.2) is 9.78 Å². The molecule has 1 fully saturated rings. The van der Waals surface area contributed by atoms with Crippen molar-refractivity contribution in [1.82, 2.24) is 15.2 Å². The molecule has 2 aromatic rings. The van der Waals surface area contributed by atoms with E-state index in [1.54, 1.807) is 13.3 Å². The second-order valence-corrected chi connectivity index (χ2v) is 5.92. The first kappa shape index (κ1) is 17.8. The van der Waals surface area contributed by atoms with E-state index in [0.29, 0.717) is 26.2 Å². The summed E-state index contributed by atoms with van der Waals surface area (Å²) in [7, 11) is 1.63. The lowest BCUT2D eigenvalue weighted by Crippen LogP contribution is -2.52.